The van der Waals surface area contributed by atoms with Crippen LogP contribution >= 0.6 is 11.6 Å². The molecule has 0 saturated heterocycles. The molecule has 0 radical (unpaired) electrons. The lowest BCUT2D eigenvalue weighted by Crippen LogP contribution is -1.92. The molecule has 4 heteroatoms. The number of nitrogens with zero attached hydrogens (tertiary/aromatic N) is 2. The summed E-state index contributed by atoms with van der Waals surface area (Å²) in [4.78, 5) is 8.10. The summed E-state index contributed by atoms with van der Waals surface area (Å²) in [5.74, 6) is 0. The van der Waals surface area contributed by atoms with Crippen molar-refractivity contribution in [1.29, 1.82) is 0 Å². The summed E-state index contributed by atoms with van der Waals surface area (Å²) < 4.78 is 0. The molecule has 3 nitrogen and oxygen atoms in total. The molecule has 2 rings (SSSR count). The third-order valence-corrected chi connectivity index (χ3v) is 2.51. The number of halogens is 1. The normalized spacial score (nSPS) is 10.4. The smallest absolute Gasteiger partial charge is 0.222 e. The predicted molar refractivity (Wildman–Crippen MR) is 63.1 cm³/mol. The van der Waals surface area contributed by atoms with E-state index in [1.165, 1.54) is 0 Å². The van der Waals surface area contributed by atoms with Crippen LogP contribution in [-0.4, -0.2) is 15.1 Å². The van der Waals surface area contributed by atoms with Crippen LogP contribution in [0.25, 0.3) is 11.3 Å². The topological polar surface area (TPSA) is 46.0 Å². The van der Waals surface area contributed by atoms with Crippen LogP contribution in [0.4, 0.5) is 0 Å². The average Bonchev–Trinajstić information content (AvgIpc) is 2.32. The first-order valence-corrected chi connectivity index (χ1v) is 5.28. The lowest BCUT2D eigenvalue weighted by atomic mass is 10.1. The van der Waals surface area contributed by atoms with Gasteiger partial charge < -0.3 is 5.11 Å². The Morgan fingerprint density at radius 2 is 2.19 bits per heavy atom. The van der Waals surface area contributed by atoms with Gasteiger partial charge in [0.25, 0.3) is 0 Å². The summed E-state index contributed by atoms with van der Waals surface area (Å²) in [7, 11) is 0. The molecule has 0 fully saturated rings. The molecule has 0 amide bonds. The van der Waals surface area contributed by atoms with Gasteiger partial charge in [-0.2, -0.15) is 0 Å². The SMILES string of the molecule is Cc1cnc(Cl)nc1-c1cccc(CO)c1. The predicted octanol–water partition coefficient (Wildman–Crippen LogP) is 2.60. The summed E-state index contributed by atoms with van der Waals surface area (Å²) in [6.45, 7) is 1.95. The molecule has 2 aromatic rings. The summed E-state index contributed by atoms with van der Waals surface area (Å²) in [6.07, 6.45) is 1.69. The van der Waals surface area contributed by atoms with Crippen LogP contribution in [0.5, 0.6) is 0 Å². The van der Waals surface area contributed by atoms with Gasteiger partial charge in [0.15, 0.2) is 0 Å². The van der Waals surface area contributed by atoms with Gasteiger partial charge in [-0.15, -0.1) is 0 Å². The Kier molecular flexibility index (Phi) is 3.17. The lowest BCUT2D eigenvalue weighted by molar-refractivity contribution is 0.282. The highest BCUT2D eigenvalue weighted by molar-refractivity contribution is 6.28. The fourth-order valence-corrected chi connectivity index (χ4v) is 1.66. The Morgan fingerprint density at radius 1 is 1.38 bits per heavy atom. The van der Waals surface area contributed by atoms with Gasteiger partial charge in [0, 0.05) is 11.8 Å². The fraction of sp³-hybridized carbons (Fsp3) is 0.167. The van der Waals surface area contributed by atoms with Gasteiger partial charge in [-0.1, -0.05) is 18.2 Å². The molecule has 16 heavy (non-hydrogen) atoms. The minimum absolute atomic E-state index is 0.0195. The zero-order chi connectivity index (χ0) is 11.5. The van der Waals surface area contributed by atoms with E-state index in [1.54, 1.807) is 6.20 Å². The fourth-order valence-electron chi connectivity index (χ4n) is 1.53. The Morgan fingerprint density at radius 3 is 2.94 bits per heavy atom. The molecule has 0 spiro atoms. The van der Waals surface area contributed by atoms with E-state index in [2.05, 4.69) is 9.97 Å². The Balaban J connectivity index is 2.53. The minimum atomic E-state index is 0.0195. The van der Waals surface area contributed by atoms with Gasteiger partial charge in [0.05, 0.1) is 12.3 Å². The number of aliphatic hydroxyl groups excluding tert-OH is 1. The molecule has 82 valence electrons. The monoisotopic (exact) mass is 234 g/mol. The van der Waals surface area contributed by atoms with Gasteiger partial charge in [-0.3, -0.25) is 0 Å². The molecule has 1 N–H and O–H groups in total. The maximum atomic E-state index is 9.07. The van der Waals surface area contributed by atoms with Crippen LogP contribution in [0.1, 0.15) is 11.1 Å². The second-order valence-corrected chi connectivity index (χ2v) is 3.87. The number of hydrogen-bond donors (Lipinski definition) is 1. The van der Waals surface area contributed by atoms with E-state index in [4.69, 9.17) is 16.7 Å². The Labute approximate surface area is 98.8 Å². The highest BCUT2D eigenvalue weighted by Crippen LogP contribution is 2.22. The van der Waals surface area contributed by atoms with Crippen molar-refractivity contribution in [1.82, 2.24) is 9.97 Å². The van der Waals surface area contributed by atoms with E-state index >= 15 is 0 Å². The molecular weight excluding hydrogens is 224 g/mol. The van der Waals surface area contributed by atoms with Gasteiger partial charge in [-0.25, -0.2) is 9.97 Å². The van der Waals surface area contributed by atoms with Crippen LogP contribution < -0.4 is 0 Å². The molecule has 0 bridgehead atoms. The highest BCUT2D eigenvalue weighted by Gasteiger charge is 2.05. The van der Waals surface area contributed by atoms with Crippen molar-refractivity contribution in [2.75, 3.05) is 0 Å². The van der Waals surface area contributed by atoms with Crippen LogP contribution in [-0.2, 0) is 6.61 Å². The third kappa shape index (κ3) is 2.21. The van der Waals surface area contributed by atoms with Crippen molar-refractivity contribution in [3.8, 4) is 11.3 Å². The van der Waals surface area contributed by atoms with E-state index < -0.39 is 0 Å². The molecule has 0 aliphatic carbocycles. The number of aromatic nitrogens is 2. The quantitative estimate of drug-likeness (QED) is 0.813. The van der Waals surface area contributed by atoms with Crippen LogP contribution in [0, 0.1) is 6.92 Å². The van der Waals surface area contributed by atoms with Crippen LogP contribution in [0.2, 0.25) is 5.28 Å². The molecule has 0 aliphatic heterocycles. The van der Waals surface area contributed by atoms with Gasteiger partial charge in [0.1, 0.15) is 0 Å². The average molecular weight is 235 g/mol. The van der Waals surface area contributed by atoms with Gasteiger partial charge >= 0.3 is 0 Å². The standard InChI is InChI=1S/C12H11ClN2O/c1-8-6-14-12(13)15-11(8)10-4-2-3-9(5-10)7-16/h2-6,16H,7H2,1H3. The van der Waals surface area contributed by atoms with Gasteiger partial charge in [-0.05, 0) is 35.7 Å². The van der Waals surface area contributed by atoms with E-state index in [0.29, 0.717) is 0 Å². The molecule has 0 unspecified atom stereocenters. The molecular formula is C12H11ClN2O. The van der Waals surface area contributed by atoms with Crippen LogP contribution in [0.15, 0.2) is 30.5 Å². The maximum Gasteiger partial charge on any atom is 0.222 e. The number of aryl methyl sites for hydroxylation is 1. The Hall–Kier alpha value is -1.45. The zero-order valence-electron chi connectivity index (χ0n) is 8.81. The zero-order valence-corrected chi connectivity index (χ0v) is 9.57. The number of aliphatic hydroxyl groups is 1. The molecule has 1 aromatic heterocycles. The Bertz CT molecular complexity index is 514. The van der Waals surface area contributed by atoms with Crippen molar-refractivity contribution in [2.45, 2.75) is 13.5 Å². The number of benzene rings is 1. The highest BCUT2D eigenvalue weighted by atomic mass is 35.5. The summed E-state index contributed by atoms with van der Waals surface area (Å²) in [6, 6.07) is 7.58. The number of hydrogen-bond acceptors (Lipinski definition) is 3. The first-order valence-electron chi connectivity index (χ1n) is 4.90. The van der Waals surface area contributed by atoms with E-state index in [1.807, 2.05) is 31.2 Å². The maximum absolute atomic E-state index is 9.07. The largest absolute Gasteiger partial charge is 0.392 e. The molecule has 1 heterocycles. The van der Waals surface area contributed by atoms with E-state index in [-0.39, 0.29) is 11.9 Å². The second kappa shape index (κ2) is 4.60. The van der Waals surface area contributed by atoms with Crippen molar-refractivity contribution in [3.63, 3.8) is 0 Å². The third-order valence-electron chi connectivity index (χ3n) is 2.33. The summed E-state index contributed by atoms with van der Waals surface area (Å²) >= 11 is 5.77. The first kappa shape index (κ1) is 11.0. The molecule has 0 aliphatic rings. The van der Waals surface area contributed by atoms with E-state index in [0.717, 1.165) is 22.4 Å². The second-order valence-electron chi connectivity index (χ2n) is 3.53. The van der Waals surface area contributed by atoms with E-state index in [9.17, 15) is 0 Å². The van der Waals surface area contributed by atoms with Crippen molar-refractivity contribution in [2.24, 2.45) is 0 Å². The summed E-state index contributed by atoms with van der Waals surface area (Å²) in [5.41, 5.74) is 3.55. The van der Waals surface area contributed by atoms with Gasteiger partial charge in [0.2, 0.25) is 5.28 Å². The summed E-state index contributed by atoms with van der Waals surface area (Å²) in [5, 5.41) is 9.31. The molecule has 0 atom stereocenters. The van der Waals surface area contributed by atoms with Crippen LogP contribution in [0.3, 0.4) is 0 Å². The lowest BCUT2D eigenvalue weighted by Gasteiger charge is -2.06. The molecule has 0 saturated carbocycles. The van der Waals surface area contributed by atoms with Crippen molar-refractivity contribution in [3.05, 3.63) is 46.9 Å². The number of rotatable bonds is 2. The minimum Gasteiger partial charge on any atom is -0.392 e. The van der Waals surface area contributed by atoms with Crippen molar-refractivity contribution < 1.29 is 5.11 Å². The first-order chi connectivity index (χ1) is 7.70. The van der Waals surface area contributed by atoms with Crippen molar-refractivity contribution >= 4 is 11.6 Å². The molecule has 1 aromatic carbocycles.